The van der Waals surface area contributed by atoms with Crippen LogP contribution in [-0.2, 0) is 0 Å². The quantitative estimate of drug-likeness (QED) is 0.757. The van der Waals surface area contributed by atoms with E-state index in [0.717, 1.165) is 24.0 Å². The molecule has 0 bridgehead atoms. The zero-order valence-corrected chi connectivity index (χ0v) is 10.5. The minimum Gasteiger partial charge on any atom is -0.465 e. The molecule has 1 saturated carbocycles. The zero-order chi connectivity index (χ0) is 11.4. The predicted molar refractivity (Wildman–Crippen MR) is 66.4 cm³/mol. The van der Waals surface area contributed by atoms with E-state index in [-0.39, 0.29) is 0 Å². The van der Waals surface area contributed by atoms with Gasteiger partial charge in [0, 0.05) is 0 Å². The maximum atomic E-state index is 5.73. The maximum Gasteiger partial charge on any atom is 0.121 e. The van der Waals surface area contributed by atoms with Crippen LogP contribution in [0, 0.1) is 12.8 Å². The monoisotopic (exact) mass is 221 g/mol. The van der Waals surface area contributed by atoms with Gasteiger partial charge in [0.1, 0.15) is 11.5 Å². The van der Waals surface area contributed by atoms with Gasteiger partial charge in [-0.1, -0.05) is 19.8 Å². The highest BCUT2D eigenvalue weighted by atomic mass is 16.3. The second-order valence-electron chi connectivity index (χ2n) is 4.98. The SMILES string of the molecule is CCCNC(CCC1CC1)c1ccc(C)o1. The van der Waals surface area contributed by atoms with E-state index in [2.05, 4.69) is 24.4 Å². The highest BCUT2D eigenvalue weighted by molar-refractivity contribution is 5.09. The Morgan fingerprint density at radius 3 is 2.81 bits per heavy atom. The van der Waals surface area contributed by atoms with Crippen molar-refractivity contribution < 1.29 is 4.42 Å². The first-order valence-corrected chi connectivity index (χ1v) is 6.59. The fourth-order valence-electron chi connectivity index (χ4n) is 2.11. The maximum absolute atomic E-state index is 5.73. The summed E-state index contributed by atoms with van der Waals surface area (Å²) in [6.45, 7) is 5.30. The molecule has 1 atom stereocenters. The summed E-state index contributed by atoms with van der Waals surface area (Å²) in [6.07, 6.45) is 6.63. The van der Waals surface area contributed by atoms with Crippen molar-refractivity contribution in [3.8, 4) is 0 Å². The predicted octanol–water partition coefficient (Wildman–Crippen LogP) is 3.82. The molecule has 0 amide bonds. The van der Waals surface area contributed by atoms with Crippen LogP contribution in [-0.4, -0.2) is 6.54 Å². The van der Waals surface area contributed by atoms with E-state index in [9.17, 15) is 0 Å². The van der Waals surface area contributed by atoms with Gasteiger partial charge in [-0.3, -0.25) is 0 Å². The Labute approximate surface area is 98.4 Å². The number of aryl methyl sites for hydroxylation is 1. The molecule has 0 aliphatic heterocycles. The number of hydrogen-bond acceptors (Lipinski definition) is 2. The average Bonchev–Trinajstić information content (AvgIpc) is 3.01. The molecule has 1 N–H and O–H groups in total. The van der Waals surface area contributed by atoms with Crippen LogP contribution in [0.15, 0.2) is 16.5 Å². The molecule has 2 heteroatoms. The number of rotatable bonds is 7. The molecule has 2 rings (SSSR count). The normalized spacial score (nSPS) is 17.6. The van der Waals surface area contributed by atoms with E-state index in [1.54, 1.807) is 0 Å². The molecular weight excluding hydrogens is 198 g/mol. The molecule has 1 aliphatic rings. The molecule has 0 spiro atoms. The van der Waals surface area contributed by atoms with Crippen LogP contribution in [0.4, 0.5) is 0 Å². The third-order valence-electron chi connectivity index (χ3n) is 3.31. The van der Waals surface area contributed by atoms with Crippen LogP contribution < -0.4 is 5.32 Å². The Kier molecular flexibility index (Phi) is 4.05. The molecule has 1 unspecified atom stereocenters. The summed E-state index contributed by atoms with van der Waals surface area (Å²) < 4.78 is 5.73. The summed E-state index contributed by atoms with van der Waals surface area (Å²) in [5.41, 5.74) is 0. The van der Waals surface area contributed by atoms with Crippen molar-refractivity contribution >= 4 is 0 Å². The molecule has 1 aromatic heterocycles. The van der Waals surface area contributed by atoms with Crippen LogP contribution in [0.25, 0.3) is 0 Å². The lowest BCUT2D eigenvalue weighted by Crippen LogP contribution is -2.21. The average molecular weight is 221 g/mol. The summed E-state index contributed by atoms with van der Waals surface area (Å²) in [6, 6.07) is 4.61. The molecular formula is C14H23NO. The van der Waals surface area contributed by atoms with Gasteiger partial charge in [0.25, 0.3) is 0 Å². The van der Waals surface area contributed by atoms with Gasteiger partial charge in [0.15, 0.2) is 0 Å². The van der Waals surface area contributed by atoms with Crippen LogP contribution in [0.2, 0.25) is 0 Å². The minimum absolute atomic E-state index is 0.425. The molecule has 1 heterocycles. The molecule has 1 aliphatic carbocycles. The number of nitrogens with one attached hydrogen (secondary N) is 1. The summed E-state index contributed by atoms with van der Waals surface area (Å²) in [5, 5.41) is 3.59. The lowest BCUT2D eigenvalue weighted by molar-refractivity contribution is 0.374. The molecule has 1 aromatic rings. The van der Waals surface area contributed by atoms with Crippen molar-refractivity contribution in [3.63, 3.8) is 0 Å². The van der Waals surface area contributed by atoms with Gasteiger partial charge in [0.05, 0.1) is 6.04 Å². The zero-order valence-electron chi connectivity index (χ0n) is 10.5. The molecule has 0 aromatic carbocycles. The molecule has 0 radical (unpaired) electrons. The second kappa shape index (κ2) is 5.53. The van der Waals surface area contributed by atoms with Gasteiger partial charge in [-0.25, -0.2) is 0 Å². The van der Waals surface area contributed by atoms with Gasteiger partial charge >= 0.3 is 0 Å². The van der Waals surface area contributed by atoms with Crippen molar-refractivity contribution in [3.05, 3.63) is 23.7 Å². The highest BCUT2D eigenvalue weighted by Crippen LogP contribution is 2.36. The summed E-state index contributed by atoms with van der Waals surface area (Å²) >= 11 is 0. The summed E-state index contributed by atoms with van der Waals surface area (Å²) in [5.74, 6) is 3.14. The Morgan fingerprint density at radius 2 is 2.25 bits per heavy atom. The largest absolute Gasteiger partial charge is 0.465 e. The summed E-state index contributed by atoms with van der Waals surface area (Å²) in [7, 11) is 0. The third kappa shape index (κ3) is 3.38. The fourth-order valence-corrected chi connectivity index (χ4v) is 2.11. The first-order valence-electron chi connectivity index (χ1n) is 6.59. The van der Waals surface area contributed by atoms with E-state index in [1.165, 1.54) is 32.1 Å². The van der Waals surface area contributed by atoms with Crippen LogP contribution in [0.3, 0.4) is 0 Å². The van der Waals surface area contributed by atoms with Gasteiger partial charge in [-0.2, -0.15) is 0 Å². The lowest BCUT2D eigenvalue weighted by Gasteiger charge is -2.16. The van der Waals surface area contributed by atoms with Crippen molar-refractivity contribution in [2.24, 2.45) is 5.92 Å². The number of hydrogen-bond donors (Lipinski definition) is 1. The smallest absolute Gasteiger partial charge is 0.121 e. The second-order valence-corrected chi connectivity index (χ2v) is 4.98. The van der Waals surface area contributed by atoms with Crippen molar-refractivity contribution in [1.82, 2.24) is 5.32 Å². The molecule has 90 valence electrons. The van der Waals surface area contributed by atoms with E-state index in [0.29, 0.717) is 6.04 Å². The molecule has 0 saturated heterocycles. The molecule has 16 heavy (non-hydrogen) atoms. The Hall–Kier alpha value is -0.760. The minimum atomic E-state index is 0.425. The van der Waals surface area contributed by atoms with Crippen molar-refractivity contribution in [1.29, 1.82) is 0 Å². The molecule has 2 nitrogen and oxygen atoms in total. The fraction of sp³-hybridized carbons (Fsp3) is 0.714. The van der Waals surface area contributed by atoms with E-state index in [1.807, 2.05) is 6.92 Å². The van der Waals surface area contributed by atoms with Crippen LogP contribution >= 0.6 is 0 Å². The highest BCUT2D eigenvalue weighted by Gasteiger charge is 2.23. The Morgan fingerprint density at radius 1 is 1.44 bits per heavy atom. The van der Waals surface area contributed by atoms with E-state index < -0.39 is 0 Å². The topological polar surface area (TPSA) is 25.2 Å². The van der Waals surface area contributed by atoms with Gasteiger partial charge in [0.2, 0.25) is 0 Å². The van der Waals surface area contributed by atoms with Gasteiger partial charge < -0.3 is 9.73 Å². The first kappa shape index (κ1) is 11.7. The van der Waals surface area contributed by atoms with Crippen LogP contribution in [0.1, 0.15) is 56.6 Å². The first-order chi connectivity index (χ1) is 7.79. The Balaban J connectivity index is 1.89. The summed E-state index contributed by atoms with van der Waals surface area (Å²) in [4.78, 5) is 0. The van der Waals surface area contributed by atoms with Crippen LogP contribution in [0.5, 0.6) is 0 Å². The number of furan rings is 1. The standard InChI is InChI=1S/C14H23NO/c1-3-10-15-13(8-7-12-5-6-12)14-9-4-11(2)16-14/h4,9,12-13,15H,3,5-8,10H2,1-2H3. The third-order valence-corrected chi connectivity index (χ3v) is 3.31. The van der Waals surface area contributed by atoms with E-state index >= 15 is 0 Å². The molecule has 1 fully saturated rings. The lowest BCUT2D eigenvalue weighted by atomic mass is 10.1. The van der Waals surface area contributed by atoms with Crippen molar-refractivity contribution in [2.75, 3.05) is 6.54 Å². The van der Waals surface area contributed by atoms with Gasteiger partial charge in [-0.05, 0) is 50.8 Å². The van der Waals surface area contributed by atoms with E-state index in [4.69, 9.17) is 4.42 Å². The van der Waals surface area contributed by atoms with Gasteiger partial charge in [-0.15, -0.1) is 0 Å². The Bertz CT molecular complexity index is 314. The van der Waals surface area contributed by atoms with Crippen molar-refractivity contribution in [2.45, 2.75) is 52.0 Å².